The maximum Gasteiger partial charge on any atom is 0.160 e. The van der Waals surface area contributed by atoms with Gasteiger partial charge in [-0.05, 0) is 24.3 Å². The van der Waals surface area contributed by atoms with Crippen molar-refractivity contribution in [2.75, 3.05) is 16.2 Å². The lowest BCUT2D eigenvalue weighted by atomic mass is 10.2. The normalized spacial score (nSPS) is 9.91. The van der Waals surface area contributed by atoms with Gasteiger partial charge in [-0.15, -0.1) is 0 Å². The van der Waals surface area contributed by atoms with E-state index in [1.54, 1.807) is 0 Å². The lowest BCUT2D eigenvalue weighted by molar-refractivity contribution is 0.112. The van der Waals surface area contributed by atoms with Crippen molar-refractivity contribution < 1.29 is 4.79 Å². The van der Waals surface area contributed by atoms with Gasteiger partial charge in [-0.2, -0.15) is 0 Å². The van der Waals surface area contributed by atoms with E-state index in [0.29, 0.717) is 17.2 Å². The first-order valence-corrected chi connectivity index (χ1v) is 7.06. The number of nitrogens with zero attached hydrogens (tertiary/aromatic N) is 2. The molecule has 0 spiro atoms. The van der Waals surface area contributed by atoms with Gasteiger partial charge in [-0.1, -0.05) is 36.4 Å². The van der Waals surface area contributed by atoms with E-state index in [2.05, 4.69) is 26.1 Å². The number of anilines is 4. The molecule has 6 nitrogen and oxygen atoms in total. The van der Waals surface area contributed by atoms with Crippen LogP contribution in [0, 0.1) is 0 Å². The highest BCUT2D eigenvalue weighted by atomic mass is 16.1. The van der Waals surface area contributed by atoms with Gasteiger partial charge in [0.05, 0.1) is 5.69 Å². The summed E-state index contributed by atoms with van der Waals surface area (Å²) in [6, 6.07) is 19.1. The lowest BCUT2D eigenvalue weighted by Crippen LogP contribution is -2.13. The Balaban J connectivity index is 1.81. The maximum atomic E-state index is 11.5. The largest absolute Gasteiger partial charge is 0.339 e. The Hall–Kier alpha value is -3.41. The fourth-order valence-corrected chi connectivity index (χ4v) is 2.02. The van der Waals surface area contributed by atoms with E-state index in [-0.39, 0.29) is 0 Å². The number of carbonyl (C=O) groups excluding carboxylic acids is 1. The Morgan fingerprint density at radius 1 is 0.739 bits per heavy atom. The number of hydrazine groups is 1. The third-order valence-electron chi connectivity index (χ3n) is 3.14. The number of hydrogen-bond donors (Lipinski definition) is 3. The first-order chi connectivity index (χ1) is 11.4. The van der Waals surface area contributed by atoms with Crippen molar-refractivity contribution in [3.63, 3.8) is 0 Å². The van der Waals surface area contributed by atoms with Gasteiger partial charge < -0.3 is 5.32 Å². The topological polar surface area (TPSA) is 78.9 Å². The predicted molar refractivity (Wildman–Crippen MR) is 90.8 cm³/mol. The quantitative estimate of drug-likeness (QED) is 0.478. The molecular weight excluding hydrogens is 290 g/mol. The third-order valence-corrected chi connectivity index (χ3v) is 3.14. The minimum Gasteiger partial charge on any atom is -0.339 e. The summed E-state index contributed by atoms with van der Waals surface area (Å²) in [7, 11) is 0. The molecule has 3 N–H and O–H groups in total. The number of rotatable bonds is 6. The highest BCUT2D eigenvalue weighted by Gasteiger charge is 2.10. The van der Waals surface area contributed by atoms with Crippen LogP contribution in [0.5, 0.6) is 0 Å². The Labute approximate surface area is 133 Å². The van der Waals surface area contributed by atoms with Gasteiger partial charge in [0.1, 0.15) is 17.7 Å². The zero-order chi connectivity index (χ0) is 15.9. The van der Waals surface area contributed by atoms with Crippen LogP contribution < -0.4 is 16.2 Å². The second-order valence-electron chi connectivity index (χ2n) is 4.71. The van der Waals surface area contributed by atoms with Crippen molar-refractivity contribution >= 4 is 29.3 Å². The first kappa shape index (κ1) is 14.5. The van der Waals surface area contributed by atoms with E-state index in [4.69, 9.17) is 0 Å². The van der Waals surface area contributed by atoms with Gasteiger partial charge in [0.15, 0.2) is 12.1 Å². The Bertz CT molecular complexity index is 778. The second kappa shape index (κ2) is 7.04. The van der Waals surface area contributed by atoms with Crippen LogP contribution in [0.25, 0.3) is 0 Å². The second-order valence-corrected chi connectivity index (χ2v) is 4.71. The van der Waals surface area contributed by atoms with Crippen LogP contribution in [0.2, 0.25) is 0 Å². The standard InChI is InChI=1S/C17H15N5O/c23-11-15-16(20-13-7-3-1-4-8-13)18-12-19-17(15)22-21-14-9-5-2-6-10-14/h1-12,21H,(H2,18,19,20,22). The molecule has 0 radical (unpaired) electrons. The van der Waals surface area contributed by atoms with Crippen molar-refractivity contribution in [2.45, 2.75) is 0 Å². The van der Waals surface area contributed by atoms with Gasteiger partial charge >= 0.3 is 0 Å². The summed E-state index contributed by atoms with van der Waals surface area (Å²) >= 11 is 0. The minimum absolute atomic E-state index is 0.347. The molecule has 23 heavy (non-hydrogen) atoms. The molecule has 3 aromatic rings. The molecule has 0 fully saturated rings. The van der Waals surface area contributed by atoms with E-state index >= 15 is 0 Å². The van der Waals surface area contributed by atoms with Crippen molar-refractivity contribution in [1.82, 2.24) is 9.97 Å². The zero-order valence-electron chi connectivity index (χ0n) is 12.2. The lowest BCUT2D eigenvalue weighted by Gasteiger charge is -2.13. The third kappa shape index (κ3) is 3.62. The summed E-state index contributed by atoms with van der Waals surface area (Å²) in [4.78, 5) is 19.7. The molecule has 0 saturated carbocycles. The molecule has 114 valence electrons. The maximum absolute atomic E-state index is 11.5. The van der Waals surface area contributed by atoms with Gasteiger partial charge in [0, 0.05) is 5.69 Å². The van der Waals surface area contributed by atoms with Crippen LogP contribution in [0.1, 0.15) is 10.4 Å². The van der Waals surface area contributed by atoms with Crippen LogP contribution in [-0.2, 0) is 0 Å². The first-order valence-electron chi connectivity index (χ1n) is 7.06. The van der Waals surface area contributed by atoms with Crippen molar-refractivity contribution in [3.05, 3.63) is 72.6 Å². The Morgan fingerprint density at radius 3 is 2.00 bits per heavy atom. The smallest absolute Gasteiger partial charge is 0.160 e. The molecule has 0 atom stereocenters. The van der Waals surface area contributed by atoms with Crippen LogP contribution in [0.3, 0.4) is 0 Å². The summed E-state index contributed by atoms with van der Waals surface area (Å²) in [6.07, 6.45) is 2.12. The number of carbonyl (C=O) groups is 1. The monoisotopic (exact) mass is 305 g/mol. The van der Waals surface area contributed by atoms with Gasteiger partial charge in [-0.25, -0.2) is 9.97 Å². The fraction of sp³-hybridized carbons (Fsp3) is 0. The van der Waals surface area contributed by atoms with Crippen LogP contribution in [0.4, 0.5) is 23.0 Å². The number of nitrogens with one attached hydrogen (secondary N) is 3. The summed E-state index contributed by atoms with van der Waals surface area (Å²) < 4.78 is 0. The fourth-order valence-electron chi connectivity index (χ4n) is 2.02. The molecule has 0 saturated heterocycles. The highest BCUT2D eigenvalue weighted by molar-refractivity contribution is 5.90. The molecule has 2 aromatic carbocycles. The average molecular weight is 305 g/mol. The van der Waals surface area contributed by atoms with Crippen LogP contribution in [0.15, 0.2) is 67.0 Å². The average Bonchev–Trinajstić information content (AvgIpc) is 2.62. The SMILES string of the molecule is O=Cc1c(NNc2ccccc2)ncnc1Nc1ccccc1. The Morgan fingerprint density at radius 2 is 1.35 bits per heavy atom. The van der Waals surface area contributed by atoms with Gasteiger partial charge in [0.25, 0.3) is 0 Å². The van der Waals surface area contributed by atoms with Crippen LogP contribution in [-0.4, -0.2) is 16.3 Å². The van der Waals surface area contributed by atoms with Gasteiger partial charge in [-0.3, -0.25) is 15.6 Å². The van der Waals surface area contributed by atoms with E-state index in [9.17, 15) is 4.79 Å². The van der Waals surface area contributed by atoms with E-state index < -0.39 is 0 Å². The molecular formula is C17H15N5O. The van der Waals surface area contributed by atoms with E-state index in [1.165, 1.54) is 6.33 Å². The number of aromatic nitrogens is 2. The molecule has 3 rings (SSSR count). The van der Waals surface area contributed by atoms with Crippen LogP contribution >= 0.6 is 0 Å². The van der Waals surface area contributed by atoms with Crippen molar-refractivity contribution in [3.8, 4) is 0 Å². The summed E-state index contributed by atoms with van der Waals surface area (Å²) in [5, 5.41) is 3.11. The molecule has 1 heterocycles. The molecule has 0 amide bonds. The highest BCUT2D eigenvalue weighted by Crippen LogP contribution is 2.21. The Kier molecular flexibility index (Phi) is 4.44. The zero-order valence-corrected chi connectivity index (χ0v) is 12.2. The van der Waals surface area contributed by atoms with E-state index in [1.807, 2.05) is 60.7 Å². The molecule has 6 heteroatoms. The summed E-state index contributed by atoms with van der Waals surface area (Å²) in [5.41, 5.74) is 7.99. The molecule has 0 aliphatic carbocycles. The number of hydrogen-bond acceptors (Lipinski definition) is 6. The van der Waals surface area contributed by atoms with Gasteiger partial charge in [0.2, 0.25) is 0 Å². The predicted octanol–water partition coefficient (Wildman–Crippen LogP) is 3.47. The minimum atomic E-state index is 0.347. The summed E-state index contributed by atoms with van der Waals surface area (Å²) in [5.74, 6) is 0.843. The molecule has 0 aliphatic heterocycles. The molecule has 0 bridgehead atoms. The van der Waals surface area contributed by atoms with Crippen molar-refractivity contribution in [1.29, 1.82) is 0 Å². The molecule has 1 aromatic heterocycles. The number of aldehydes is 1. The molecule has 0 aliphatic rings. The van der Waals surface area contributed by atoms with Crippen molar-refractivity contribution in [2.24, 2.45) is 0 Å². The van der Waals surface area contributed by atoms with E-state index in [0.717, 1.165) is 17.7 Å². The molecule has 0 unspecified atom stereocenters. The number of para-hydroxylation sites is 2. The summed E-state index contributed by atoms with van der Waals surface area (Å²) in [6.45, 7) is 0. The number of benzene rings is 2.